The van der Waals surface area contributed by atoms with Crippen LogP contribution in [0.15, 0.2) is 18.2 Å². The van der Waals surface area contributed by atoms with E-state index in [0.717, 1.165) is 12.8 Å². The largest absolute Gasteiger partial charge is 0.491 e. The molecule has 2 rings (SSSR count). The number of rotatable bonds is 8. The van der Waals surface area contributed by atoms with Crippen LogP contribution in [0, 0.1) is 11.7 Å². The molecule has 124 valence electrons. The standard InChI is InChI=1S/C15H21FN2O3.ClH/c1-20-12(8-17)7-15(19)18-13-5-4-11(16)6-14(13)21-9-10-2-3-10;/h4-6,10,12H,2-3,7-9,17H2,1H3,(H,18,19);1H. The second kappa shape index (κ2) is 8.92. The van der Waals surface area contributed by atoms with Crippen LogP contribution in [-0.2, 0) is 9.53 Å². The fraction of sp³-hybridized carbons (Fsp3) is 0.533. The number of amides is 1. The molecule has 22 heavy (non-hydrogen) atoms. The summed E-state index contributed by atoms with van der Waals surface area (Å²) in [4.78, 5) is 11.9. The minimum atomic E-state index is -0.393. The molecule has 0 spiro atoms. The lowest BCUT2D eigenvalue weighted by Gasteiger charge is -2.15. The molecule has 1 fully saturated rings. The first-order valence-electron chi connectivity index (χ1n) is 7.07. The summed E-state index contributed by atoms with van der Waals surface area (Å²) in [7, 11) is 1.51. The Balaban J connectivity index is 0.00000242. The first kappa shape index (κ1) is 18.7. The molecule has 0 saturated heterocycles. The molecule has 1 aromatic carbocycles. The number of benzene rings is 1. The van der Waals surface area contributed by atoms with E-state index < -0.39 is 5.82 Å². The van der Waals surface area contributed by atoms with Gasteiger partial charge in [-0.1, -0.05) is 0 Å². The van der Waals surface area contributed by atoms with Crippen LogP contribution < -0.4 is 15.8 Å². The van der Waals surface area contributed by atoms with Gasteiger partial charge < -0.3 is 20.5 Å². The van der Waals surface area contributed by atoms with Crippen molar-refractivity contribution in [3.8, 4) is 5.75 Å². The average Bonchev–Trinajstić information content (AvgIpc) is 3.29. The molecule has 7 heteroatoms. The zero-order valence-electron chi connectivity index (χ0n) is 12.5. The van der Waals surface area contributed by atoms with E-state index in [9.17, 15) is 9.18 Å². The molecule has 0 aliphatic heterocycles. The highest BCUT2D eigenvalue weighted by Gasteiger charge is 2.23. The topological polar surface area (TPSA) is 73.6 Å². The van der Waals surface area contributed by atoms with E-state index >= 15 is 0 Å². The van der Waals surface area contributed by atoms with Crippen LogP contribution in [0.25, 0.3) is 0 Å². The van der Waals surface area contributed by atoms with E-state index in [0.29, 0.717) is 24.0 Å². The molecule has 0 heterocycles. The van der Waals surface area contributed by atoms with Crippen LogP contribution in [-0.4, -0.2) is 32.3 Å². The maximum Gasteiger partial charge on any atom is 0.227 e. The summed E-state index contributed by atoms with van der Waals surface area (Å²) in [6.45, 7) is 0.814. The highest BCUT2D eigenvalue weighted by Crippen LogP contribution is 2.32. The highest BCUT2D eigenvalue weighted by molar-refractivity contribution is 5.92. The highest BCUT2D eigenvalue weighted by atomic mass is 35.5. The SMILES string of the molecule is COC(CN)CC(=O)Nc1ccc(F)cc1OCC1CC1.Cl. The lowest BCUT2D eigenvalue weighted by atomic mass is 10.2. The number of nitrogens with two attached hydrogens (primary N) is 1. The Morgan fingerprint density at radius 3 is 2.82 bits per heavy atom. The molecule has 1 amide bonds. The molecule has 0 radical (unpaired) electrons. The second-order valence-electron chi connectivity index (χ2n) is 5.24. The summed E-state index contributed by atoms with van der Waals surface area (Å²) < 4.78 is 24.0. The van der Waals surface area contributed by atoms with Gasteiger partial charge in [0.2, 0.25) is 5.91 Å². The Hall–Kier alpha value is -1.37. The molecule has 1 aromatic rings. The van der Waals surface area contributed by atoms with E-state index in [4.69, 9.17) is 15.2 Å². The summed E-state index contributed by atoms with van der Waals surface area (Å²) in [6.07, 6.45) is 2.10. The summed E-state index contributed by atoms with van der Waals surface area (Å²) in [6, 6.07) is 4.07. The number of carbonyl (C=O) groups excluding carboxylic acids is 1. The molecule has 1 atom stereocenters. The lowest BCUT2D eigenvalue weighted by Crippen LogP contribution is -2.28. The monoisotopic (exact) mass is 332 g/mol. The molecule has 0 bridgehead atoms. The van der Waals surface area contributed by atoms with Gasteiger partial charge >= 0.3 is 0 Å². The predicted molar refractivity (Wildman–Crippen MR) is 85.0 cm³/mol. The number of hydrogen-bond acceptors (Lipinski definition) is 4. The number of nitrogens with one attached hydrogen (secondary N) is 1. The quantitative estimate of drug-likeness (QED) is 0.766. The smallest absolute Gasteiger partial charge is 0.227 e. The Kier molecular flexibility index (Phi) is 7.58. The van der Waals surface area contributed by atoms with Crippen LogP contribution in [0.4, 0.5) is 10.1 Å². The minimum Gasteiger partial charge on any atom is -0.491 e. The minimum absolute atomic E-state index is 0. The van der Waals surface area contributed by atoms with Crippen LogP contribution in [0.5, 0.6) is 5.75 Å². The van der Waals surface area contributed by atoms with E-state index in [2.05, 4.69) is 5.32 Å². The van der Waals surface area contributed by atoms with E-state index in [1.54, 1.807) is 0 Å². The normalized spacial score (nSPS) is 14.9. The maximum atomic E-state index is 13.3. The van der Waals surface area contributed by atoms with Gasteiger partial charge in [-0.05, 0) is 30.9 Å². The number of ether oxygens (including phenoxy) is 2. The van der Waals surface area contributed by atoms with Gasteiger partial charge in [0.25, 0.3) is 0 Å². The van der Waals surface area contributed by atoms with E-state index in [1.165, 1.54) is 25.3 Å². The van der Waals surface area contributed by atoms with Crippen molar-refractivity contribution in [2.75, 3.05) is 25.6 Å². The summed E-state index contributed by atoms with van der Waals surface area (Å²) >= 11 is 0. The number of anilines is 1. The van der Waals surface area contributed by atoms with Gasteiger partial charge in [0, 0.05) is 19.7 Å². The van der Waals surface area contributed by atoms with Crippen LogP contribution >= 0.6 is 12.4 Å². The third kappa shape index (κ3) is 5.79. The Morgan fingerprint density at radius 1 is 1.50 bits per heavy atom. The summed E-state index contributed by atoms with van der Waals surface area (Å²) in [5.41, 5.74) is 5.95. The molecule has 0 aromatic heterocycles. The van der Waals surface area contributed by atoms with Crippen LogP contribution in [0.3, 0.4) is 0 Å². The molecule has 1 aliphatic carbocycles. The zero-order chi connectivity index (χ0) is 15.2. The third-order valence-corrected chi connectivity index (χ3v) is 3.40. The third-order valence-electron chi connectivity index (χ3n) is 3.40. The fourth-order valence-electron chi connectivity index (χ4n) is 1.88. The van der Waals surface area contributed by atoms with Crippen molar-refractivity contribution in [3.05, 3.63) is 24.0 Å². The molecular formula is C15H22ClFN2O3. The van der Waals surface area contributed by atoms with E-state index in [-0.39, 0.29) is 37.4 Å². The predicted octanol–water partition coefficient (Wildman–Crippen LogP) is 2.34. The zero-order valence-corrected chi connectivity index (χ0v) is 13.3. The Morgan fingerprint density at radius 2 is 2.23 bits per heavy atom. The van der Waals surface area contributed by atoms with Crippen LogP contribution in [0.2, 0.25) is 0 Å². The Labute approximate surface area is 135 Å². The van der Waals surface area contributed by atoms with Crippen molar-refractivity contribution in [1.29, 1.82) is 0 Å². The van der Waals surface area contributed by atoms with Gasteiger partial charge in [-0.15, -0.1) is 12.4 Å². The molecule has 3 N–H and O–H groups in total. The number of hydrogen-bond donors (Lipinski definition) is 2. The molecular weight excluding hydrogens is 311 g/mol. The summed E-state index contributed by atoms with van der Waals surface area (Å²) in [5.74, 6) is 0.273. The van der Waals surface area contributed by atoms with Crippen molar-refractivity contribution in [2.24, 2.45) is 11.7 Å². The Bertz CT molecular complexity index is 494. The van der Waals surface area contributed by atoms with Crippen molar-refractivity contribution in [2.45, 2.75) is 25.4 Å². The van der Waals surface area contributed by atoms with Gasteiger partial charge in [-0.25, -0.2) is 4.39 Å². The molecule has 1 aliphatic rings. The van der Waals surface area contributed by atoms with E-state index in [1.807, 2.05) is 0 Å². The van der Waals surface area contributed by atoms with Crippen molar-refractivity contribution in [3.63, 3.8) is 0 Å². The fourth-order valence-corrected chi connectivity index (χ4v) is 1.88. The molecule has 1 unspecified atom stereocenters. The van der Waals surface area contributed by atoms with Gasteiger partial charge in [-0.2, -0.15) is 0 Å². The van der Waals surface area contributed by atoms with Crippen molar-refractivity contribution >= 4 is 24.0 Å². The molecule has 5 nitrogen and oxygen atoms in total. The molecule has 1 saturated carbocycles. The van der Waals surface area contributed by atoms with Gasteiger partial charge in [0.05, 0.1) is 24.8 Å². The first-order chi connectivity index (χ1) is 10.1. The number of carbonyl (C=O) groups is 1. The average molecular weight is 333 g/mol. The maximum absolute atomic E-state index is 13.3. The lowest BCUT2D eigenvalue weighted by molar-refractivity contribution is -0.118. The number of methoxy groups -OCH3 is 1. The van der Waals surface area contributed by atoms with Gasteiger partial charge in [0.1, 0.15) is 11.6 Å². The van der Waals surface area contributed by atoms with Gasteiger partial charge in [-0.3, -0.25) is 4.79 Å². The van der Waals surface area contributed by atoms with Crippen molar-refractivity contribution < 1.29 is 18.7 Å². The van der Waals surface area contributed by atoms with Gasteiger partial charge in [0.15, 0.2) is 0 Å². The summed E-state index contributed by atoms with van der Waals surface area (Å²) in [5, 5.41) is 2.71. The van der Waals surface area contributed by atoms with Crippen LogP contribution in [0.1, 0.15) is 19.3 Å². The van der Waals surface area contributed by atoms with Crippen molar-refractivity contribution in [1.82, 2.24) is 0 Å². The second-order valence-corrected chi connectivity index (χ2v) is 5.24. The first-order valence-corrected chi connectivity index (χ1v) is 7.07. The number of halogens is 2.